The topological polar surface area (TPSA) is 85.2 Å². The van der Waals surface area contributed by atoms with Gasteiger partial charge in [-0.2, -0.15) is 0 Å². The van der Waals surface area contributed by atoms with E-state index in [0.717, 1.165) is 41.0 Å². The number of fused-ring (bicyclic) bond motifs is 1. The monoisotopic (exact) mass is 426 g/mol. The Morgan fingerprint density at radius 2 is 2.10 bits per heavy atom. The molecular formula is C22H26N4O3S. The number of thiophene rings is 1. The van der Waals surface area contributed by atoms with Crippen LogP contribution in [0.4, 0.5) is 0 Å². The molecular weight excluding hydrogens is 400 g/mol. The first-order valence-electron chi connectivity index (χ1n) is 10.3. The number of nitrogens with one attached hydrogen (secondary N) is 2. The summed E-state index contributed by atoms with van der Waals surface area (Å²) >= 11 is 1.63. The maximum absolute atomic E-state index is 12.5. The van der Waals surface area contributed by atoms with Crippen LogP contribution in [-0.4, -0.2) is 40.6 Å². The van der Waals surface area contributed by atoms with Crippen LogP contribution in [0.15, 0.2) is 41.8 Å². The molecule has 0 spiro atoms. The average Bonchev–Trinajstić information content (AvgIpc) is 3.51. The SMILES string of the molecule is O=C(Cn1c(CCCNC(=O)C2CCCO2)nc2ccccc21)NCc1cccs1. The molecule has 0 bridgehead atoms. The van der Waals surface area contributed by atoms with Crippen LogP contribution >= 0.6 is 11.3 Å². The number of ether oxygens (including phenoxy) is 1. The van der Waals surface area contributed by atoms with Gasteiger partial charge in [0.05, 0.1) is 17.6 Å². The number of hydrogen-bond acceptors (Lipinski definition) is 5. The number of rotatable bonds is 9. The fourth-order valence-electron chi connectivity index (χ4n) is 3.65. The Bertz CT molecular complexity index is 993. The predicted molar refractivity (Wildman–Crippen MR) is 116 cm³/mol. The summed E-state index contributed by atoms with van der Waals surface area (Å²) < 4.78 is 7.38. The molecule has 2 amide bonds. The number of carbonyl (C=O) groups is 2. The lowest BCUT2D eigenvalue weighted by molar-refractivity contribution is -0.130. The lowest BCUT2D eigenvalue weighted by Gasteiger charge is -2.11. The second kappa shape index (κ2) is 9.86. The minimum absolute atomic E-state index is 0.0334. The van der Waals surface area contributed by atoms with Gasteiger partial charge in [-0.15, -0.1) is 11.3 Å². The van der Waals surface area contributed by atoms with Gasteiger partial charge in [0.15, 0.2) is 0 Å². The van der Waals surface area contributed by atoms with Crippen LogP contribution in [0.1, 0.15) is 30.0 Å². The van der Waals surface area contributed by atoms with Crippen LogP contribution in [0.2, 0.25) is 0 Å². The summed E-state index contributed by atoms with van der Waals surface area (Å²) in [6.07, 6.45) is 2.86. The van der Waals surface area contributed by atoms with E-state index in [2.05, 4.69) is 10.6 Å². The second-order valence-corrected chi connectivity index (χ2v) is 8.39. The molecule has 1 aliphatic rings. The van der Waals surface area contributed by atoms with Gasteiger partial charge in [-0.3, -0.25) is 9.59 Å². The number of carbonyl (C=O) groups excluding carboxylic acids is 2. The molecule has 0 aliphatic carbocycles. The van der Waals surface area contributed by atoms with E-state index in [1.165, 1.54) is 0 Å². The number of imidazole rings is 1. The van der Waals surface area contributed by atoms with Crippen molar-refractivity contribution < 1.29 is 14.3 Å². The number of hydrogen-bond donors (Lipinski definition) is 2. The molecule has 4 rings (SSSR count). The third-order valence-electron chi connectivity index (χ3n) is 5.17. The molecule has 30 heavy (non-hydrogen) atoms. The smallest absolute Gasteiger partial charge is 0.249 e. The second-order valence-electron chi connectivity index (χ2n) is 7.36. The zero-order chi connectivity index (χ0) is 20.8. The number of amides is 2. The van der Waals surface area contributed by atoms with Crippen molar-refractivity contribution in [1.82, 2.24) is 20.2 Å². The van der Waals surface area contributed by atoms with Crippen LogP contribution in [-0.2, 0) is 33.8 Å². The van der Waals surface area contributed by atoms with Crippen molar-refractivity contribution in [1.29, 1.82) is 0 Å². The Morgan fingerprint density at radius 1 is 1.20 bits per heavy atom. The molecule has 3 aromatic rings. The van der Waals surface area contributed by atoms with E-state index < -0.39 is 0 Å². The average molecular weight is 427 g/mol. The minimum atomic E-state index is -0.304. The quantitative estimate of drug-likeness (QED) is 0.515. The normalized spacial score (nSPS) is 16.1. The summed E-state index contributed by atoms with van der Waals surface area (Å²) in [6.45, 7) is 1.99. The van der Waals surface area contributed by atoms with E-state index in [1.54, 1.807) is 11.3 Å². The van der Waals surface area contributed by atoms with Gasteiger partial charge in [-0.1, -0.05) is 18.2 Å². The Labute approximate surface area is 179 Å². The zero-order valence-electron chi connectivity index (χ0n) is 16.8. The Kier molecular flexibility index (Phi) is 6.76. The first-order chi connectivity index (χ1) is 14.7. The van der Waals surface area contributed by atoms with E-state index in [1.807, 2.05) is 46.3 Å². The molecule has 3 heterocycles. The lowest BCUT2D eigenvalue weighted by Crippen LogP contribution is -2.34. The molecule has 0 saturated carbocycles. The largest absolute Gasteiger partial charge is 0.368 e. The van der Waals surface area contributed by atoms with Crippen LogP contribution in [0.3, 0.4) is 0 Å². The first-order valence-corrected chi connectivity index (χ1v) is 11.2. The summed E-state index contributed by atoms with van der Waals surface area (Å²) in [5.74, 6) is 0.780. The van der Waals surface area contributed by atoms with Crippen LogP contribution < -0.4 is 10.6 Å². The van der Waals surface area contributed by atoms with Crippen molar-refractivity contribution in [2.45, 2.75) is 44.9 Å². The van der Waals surface area contributed by atoms with Crippen molar-refractivity contribution >= 4 is 34.2 Å². The Balaban J connectivity index is 1.36. The highest BCUT2D eigenvalue weighted by Crippen LogP contribution is 2.17. The highest BCUT2D eigenvalue weighted by molar-refractivity contribution is 7.09. The highest BCUT2D eigenvalue weighted by Gasteiger charge is 2.23. The van der Waals surface area contributed by atoms with Gasteiger partial charge in [0.1, 0.15) is 18.5 Å². The van der Waals surface area contributed by atoms with Crippen molar-refractivity contribution in [3.63, 3.8) is 0 Å². The summed E-state index contributed by atoms with van der Waals surface area (Å²) in [5.41, 5.74) is 1.82. The fourth-order valence-corrected chi connectivity index (χ4v) is 4.29. The number of benzene rings is 1. The molecule has 2 N–H and O–H groups in total. The molecule has 0 radical (unpaired) electrons. The van der Waals surface area contributed by atoms with Crippen molar-refractivity contribution in [3.05, 3.63) is 52.5 Å². The van der Waals surface area contributed by atoms with Crippen molar-refractivity contribution in [2.75, 3.05) is 13.2 Å². The van der Waals surface area contributed by atoms with Crippen molar-refractivity contribution in [2.24, 2.45) is 0 Å². The fraction of sp³-hybridized carbons (Fsp3) is 0.409. The van der Waals surface area contributed by atoms with E-state index in [4.69, 9.17) is 9.72 Å². The molecule has 1 fully saturated rings. The number of para-hydroxylation sites is 2. The third-order valence-corrected chi connectivity index (χ3v) is 6.05. The van der Waals surface area contributed by atoms with Crippen LogP contribution in [0.5, 0.6) is 0 Å². The van der Waals surface area contributed by atoms with Gasteiger partial charge in [0.2, 0.25) is 11.8 Å². The van der Waals surface area contributed by atoms with Crippen molar-refractivity contribution in [3.8, 4) is 0 Å². The summed E-state index contributed by atoms with van der Waals surface area (Å²) in [4.78, 5) is 30.5. The molecule has 1 unspecified atom stereocenters. The molecule has 8 heteroatoms. The summed E-state index contributed by atoms with van der Waals surface area (Å²) in [6, 6.07) is 11.8. The minimum Gasteiger partial charge on any atom is -0.368 e. The first kappa shape index (κ1) is 20.6. The van der Waals surface area contributed by atoms with Crippen LogP contribution in [0, 0.1) is 0 Å². The van der Waals surface area contributed by atoms with Gasteiger partial charge in [-0.25, -0.2) is 4.98 Å². The molecule has 158 valence electrons. The van der Waals surface area contributed by atoms with E-state index >= 15 is 0 Å². The molecule has 7 nitrogen and oxygen atoms in total. The number of aryl methyl sites for hydroxylation is 1. The molecule has 1 saturated heterocycles. The zero-order valence-corrected chi connectivity index (χ0v) is 17.6. The van der Waals surface area contributed by atoms with Gasteiger partial charge < -0.3 is 19.9 Å². The van der Waals surface area contributed by atoms with E-state index in [-0.39, 0.29) is 24.5 Å². The standard InChI is InChI=1S/C22H26N4O3S/c27-21(24-14-16-6-5-13-30-16)15-26-18-8-2-1-7-17(18)25-20(26)10-3-11-23-22(28)19-9-4-12-29-19/h1-2,5-8,13,19H,3-4,9-12,14-15H2,(H,23,28)(H,24,27). The predicted octanol–water partition coefficient (Wildman–Crippen LogP) is 2.64. The summed E-state index contributed by atoms with van der Waals surface area (Å²) in [7, 11) is 0. The van der Waals surface area contributed by atoms with Crippen LogP contribution in [0.25, 0.3) is 11.0 Å². The summed E-state index contributed by atoms with van der Waals surface area (Å²) in [5, 5.41) is 7.93. The van der Waals surface area contributed by atoms with Gasteiger partial charge in [-0.05, 0) is 42.8 Å². The number of aromatic nitrogens is 2. The van der Waals surface area contributed by atoms with E-state index in [9.17, 15) is 9.59 Å². The molecule has 2 aromatic heterocycles. The maximum atomic E-state index is 12.5. The highest BCUT2D eigenvalue weighted by atomic mass is 32.1. The molecule has 1 aromatic carbocycles. The van der Waals surface area contributed by atoms with Gasteiger partial charge in [0.25, 0.3) is 0 Å². The van der Waals surface area contributed by atoms with Gasteiger partial charge in [0, 0.05) is 24.4 Å². The Hall–Kier alpha value is -2.71. The Morgan fingerprint density at radius 3 is 2.90 bits per heavy atom. The maximum Gasteiger partial charge on any atom is 0.249 e. The number of nitrogens with zero attached hydrogens (tertiary/aromatic N) is 2. The van der Waals surface area contributed by atoms with E-state index in [0.29, 0.717) is 26.1 Å². The van der Waals surface area contributed by atoms with Gasteiger partial charge >= 0.3 is 0 Å². The third kappa shape index (κ3) is 5.06. The molecule has 1 aliphatic heterocycles. The lowest BCUT2D eigenvalue weighted by atomic mass is 10.2. The molecule has 1 atom stereocenters.